The van der Waals surface area contributed by atoms with Crippen molar-refractivity contribution in [2.45, 2.75) is 6.92 Å². The van der Waals surface area contributed by atoms with E-state index in [4.69, 9.17) is 22.1 Å². The molecule has 23 heavy (non-hydrogen) atoms. The molecule has 0 fully saturated rings. The topological polar surface area (TPSA) is 85.5 Å². The summed E-state index contributed by atoms with van der Waals surface area (Å²) >= 11 is 2.96. The van der Waals surface area contributed by atoms with Gasteiger partial charge < -0.3 is 5.73 Å². The van der Waals surface area contributed by atoms with Crippen LogP contribution in [0.5, 0.6) is 0 Å². The molecule has 0 saturated carbocycles. The molecule has 1 atom stereocenters. The van der Waals surface area contributed by atoms with Gasteiger partial charge in [-0.3, -0.25) is 14.0 Å². The molecule has 1 unspecified atom stereocenters. The molecular weight excluding hydrogens is 334 g/mol. The molecule has 1 aromatic heterocycles. The zero-order valence-corrected chi connectivity index (χ0v) is 14.2. The highest BCUT2D eigenvalue weighted by atomic mass is 32.2. The minimum absolute atomic E-state index is 0.0477. The maximum atomic E-state index is 12.8. The standard InChI is InChI=1S/C15H15N3O3S2/c1-10-8-13(12(9-17-10)14(16)22)18(23(20)21-2)15(19)11-6-4-3-5-7-11/h3-9H,1-2H3,(H2,16,22). The quantitative estimate of drug-likeness (QED) is 0.830. The zero-order chi connectivity index (χ0) is 17.0. The zero-order valence-electron chi connectivity index (χ0n) is 12.6. The van der Waals surface area contributed by atoms with Gasteiger partial charge in [-0.05, 0) is 25.1 Å². The second-order valence-corrected chi connectivity index (χ2v) is 6.13. The summed E-state index contributed by atoms with van der Waals surface area (Å²) in [7, 11) is 1.25. The van der Waals surface area contributed by atoms with Crippen molar-refractivity contribution in [1.29, 1.82) is 0 Å². The number of pyridine rings is 1. The fraction of sp³-hybridized carbons (Fsp3) is 0.133. The molecule has 0 spiro atoms. The summed E-state index contributed by atoms with van der Waals surface area (Å²) in [5, 5.41) is 0. The van der Waals surface area contributed by atoms with E-state index in [0.29, 0.717) is 22.5 Å². The molecule has 2 rings (SSSR count). The molecule has 0 bridgehead atoms. The summed E-state index contributed by atoms with van der Waals surface area (Å²) in [6.45, 7) is 1.74. The van der Waals surface area contributed by atoms with E-state index < -0.39 is 17.2 Å². The Morgan fingerprint density at radius 1 is 1.35 bits per heavy atom. The van der Waals surface area contributed by atoms with Gasteiger partial charge in [0.15, 0.2) is 0 Å². The highest BCUT2D eigenvalue weighted by Crippen LogP contribution is 2.25. The Morgan fingerprint density at radius 2 is 2.00 bits per heavy atom. The number of aromatic nitrogens is 1. The number of carbonyl (C=O) groups excluding carboxylic acids is 1. The van der Waals surface area contributed by atoms with E-state index in [9.17, 15) is 9.00 Å². The first kappa shape index (κ1) is 17.2. The number of aryl methyl sites for hydroxylation is 1. The van der Waals surface area contributed by atoms with Gasteiger partial charge in [-0.1, -0.05) is 30.4 Å². The van der Waals surface area contributed by atoms with Gasteiger partial charge in [0.25, 0.3) is 17.2 Å². The average Bonchev–Trinajstić information content (AvgIpc) is 2.55. The molecule has 1 aromatic carbocycles. The fourth-order valence-electron chi connectivity index (χ4n) is 1.93. The number of thiocarbonyl (C=S) groups is 1. The predicted octanol–water partition coefficient (Wildman–Crippen LogP) is 1.90. The Kier molecular flexibility index (Phi) is 5.54. The minimum atomic E-state index is -2.04. The summed E-state index contributed by atoms with van der Waals surface area (Å²) in [5.41, 5.74) is 7.32. The molecule has 0 aliphatic heterocycles. The van der Waals surface area contributed by atoms with Crippen molar-refractivity contribution in [3.63, 3.8) is 0 Å². The first-order valence-electron chi connectivity index (χ1n) is 6.58. The third kappa shape index (κ3) is 3.79. The minimum Gasteiger partial charge on any atom is -0.389 e. The van der Waals surface area contributed by atoms with Crippen molar-refractivity contribution in [3.05, 3.63) is 59.4 Å². The molecule has 0 aliphatic carbocycles. The summed E-state index contributed by atoms with van der Waals surface area (Å²) in [6.07, 6.45) is 1.45. The summed E-state index contributed by atoms with van der Waals surface area (Å²) in [6, 6.07) is 10.0. The van der Waals surface area contributed by atoms with Gasteiger partial charge in [0.1, 0.15) is 4.99 Å². The van der Waals surface area contributed by atoms with Crippen LogP contribution in [0.25, 0.3) is 0 Å². The third-order valence-electron chi connectivity index (χ3n) is 3.00. The highest BCUT2D eigenvalue weighted by molar-refractivity contribution is 7.82. The van der Waals surface area contributed by atoms with Gasteiger partial charge in [-0.15, -0.1) is 0 Å². The van der Waals surface area contributed by atoms with Crippen LogP contribution in [0.1, 0.15) is 21.6 Å². The van der Waals surface area contributed by atoms with Crippen LogP contribution in [0.2, 0.25) is 0 Å². The Labute approximate surface area is 142 Å². The monoisotopic (exact) mass is 349 g/mol. The van der Waals surface area contributed by atoms with Crippen LogP contribution in [0.4, 0.5) is 5.69 Å². The molecular formula is C15H15N3O3S2. The molecule has 2 aromatic rings. The van der Waals surface area contributed by atoms with Gasteiger partial charge in [0.2, 0.25) is 0 Å². The van der Waals surface area contributed by atoms with Crippen molar-refractivity contribution in [2.75, 3.05) is 11.4 Å². The van der Waals surface area contributed by atoms with Gasteiger partial charge >= 0.3 is 0 Å². The smallest absolute Gasteiger partial charge is 0.272 e. The van der Waals surface area contributed by atoms with Crippen molar-refractivity contribution in [2.24, 2.45) is 5.73 Å². The van der Waals surface area contributed by atoms with Crippen molar-refractivity contribution < 1.29 is 13.2 Å². The molecule has 2 N–H and O–H groups in total. The van der Waals surface area contributed by atoms with E-state index in [0.717, 1.165) is 4.31 Å². The molecule has 0 saturated heterocycles. The van der Waals surface area contributed by atoms with Crippen LogP contribution in [-0.4, -0.2) is 27.2 Å². The molecule has 8 heteroatoms. The Hall–Kier alpha value is -2.16. The van der Waals surface area contributed by atoms with Crippen LogP contribution in [-0.2, 0) is 15.4 Å². The number of benzene rings is 1. The van der Waals surface area contributed by atoms with Gasteiger partial charge in [0.05, 0.1) is 18.4 Å². The number of hydrogen-bond acceptors (Lipinski definition) is 5. The summed E-state index contributed by atoms with van der Waals surface area (Å²) in [4.78, 5) is 16.9. The van der Waals surface area contributed by atoms with Crippen LogP contribution in [0.3, 0.4) is 0 Å². The van der Waals surface area contributed by atoms with Crippen LogP contribution >= 0.6 is 12.2 Å². The van der Waals surface area contributed by atoms with E-state index in [1.165, 1.54) is 13.3 Å². The number of nitrogens with zero attached hydrogens (tertiary/aromatic N) is 2. The Bertz CT molecular complexity index is 766. The van der Waals surface area contributed by atoms with Crippen molar-refractivity contribution in [1.82, 2.24) is 4.98 Å². The lowest BCUT2D eigenvalue weighted by Crippen LogP contribution is -2.35. The highest BCUT2D eigenvalue weighted by Gasteiger charge is 2.27. The lowest BCUT2D eigenvalue weighted by atomic mass is 10.1. The fourth-order valence-corrected chi connectivity index (χ4v) is 2.79. The van der Waals surface area contributed by atoms with E-state index >= 15 is 0 Å². The summed E-state index contributed by atoms with van der Waals surface area (Å²) in [5.74, 6) is -0.492. The number of anilines is 1. The number of nitrogens with two attached hydrogens (primary N) is 1. The van der Waals surface area contributed by atoms with E-state index in [2.05, 4.69) is 4.98 Å². The third-order valence-corrected chi connectivity index (χ3v) is 4.17. The second kappa shape index (κ2) is 7.40. The Balaban J connectivity index is 2.61. The summed E-state index contributed by atoms with van der Waals surface area (Å²) < 4.78 is 18.2. The van der Waals surface area contributed by atoms with Crippen LogP contribution < -0.4 is 10.0 Å². The largest absolute Gasteiger partial charge is 0.389 e. The maximum absolute atomic E-state index is 12.8. The maximum Gasteiger partial charge on any atom is 0.272 e. The number of amides is 1. The van der Waals surface area contributed by atoms with Crippen molar-refractivity contribution >= 4 is 40.1 Å². The number of carbonyl (C=O) groups is 1. The Morgan fingerprint density at radius 3 is 2.57 bits per heavy atom. The van der Waals surface area contributed by atoms with Gasteiger partial charge in [-0.2, -0.15) is 0 Å². The van der Waals surface area contributed by atoms with Crippen molar-refractivity contribution in [3.8, 4) is 0 Å². The molecule has 0 radical (unpaired) electrons. The predicted molar refractivity (Wildman–Crippen MR) is 93.3 cm³/mol. The van der Waals surface area contributed by atoms with E-state index in [1.54, 1.807) is 43.3 Å². The molecule has 120 valence electrons. The average molecular weight is 349 g/mol. The lowest BCUT2D eigenvalue weighted by molar-refractivity contribution is 0.100. The molecule has 1 amide bonds. The van der Waals surface area contributed by atoms with Crippen LogP contribution in [0.15, 0.2) is 42.6 Å². The second-order valence-electron chi connectivity index (χ2n) is 4.56. The van der Waals surface area contributed by atoms with Gasteiger partial charge in [0, 0.05) is 17.5 Å². The van der Waals surface area contributed by atoms with E-state index in [1.807, 2.05) is 0 Å². The number of hydrogen-bond donors (Lipinski definition) is 1. The SMILES string of the molecule is COS(=O)N(C(=O)c1ccccc1)c1cc(C)ncc1C(N)=S. The molecule has 6 nitrogen and oxygen atoms in total. The number of rotatable bonds is 5. The van der Waals surface area contributed by atoms with Crippen LogP contribution in [0, 0.1) is 6.92 Å². The normalized spacial score (nSPS) is 11.7. The first-order valence-corrected chi connectivity index (χ1v) is 8.02. The van der Waals surface area contributed by atoms with E-state index in [-0.39, 0.29) is 4.99 Å². The van der Waals surface area contributed by atoms with Gasteiger partial charge in [-0.25, -0.2) is 8.51 Å². The first-order chi connectivity index (χ1) is 11.0. The molecule has 0 aliphatic rings. The lowest BCUT2D eigenvalue weighted by Gasteiger charge is -2.22. The molecule has 1 heterocycles.